The minimum absolute atomic E-state index is 0.116. The molecule has 8 heteroatoms. The molecule has 1 heterocycles. The summed E-state index contributed by atoms with van der Waals surface area (Å²) in [4.78, 5) is 17.1. The van der Waals surface area contributed by atoms with E-state index < -0.39 is 9.84 Å². The summed E-state index contributed by atoms with van der Waals surface area (Å²) in [5.74, 6) is 0.113. The lowest BCUT2D eigenvalue weighted by Gasteiger charge is -2.15. The first-order valence-corrected chi connectivity index (χ1v) is 12.4. The zero-order valence-electron chi connectivity index (χ0n) is 17.4. The second-order valence-electron chi connectivity index (χ2n) is 7.27. The molecule has 0 radical (unpaired) electrons. The molecule has 1 unspecified atom stereocenters. The Labute approximate surface area is 181 Å². The van der Waals surface area contributed by atoms with E-state index in [2.05, 4.69) is 36.3 Å². The number of hydrogen-bond donors (Lipinski definition) is 1. The summed E-state index contributed by atoms with van der Waals surface area (Å²) >= 11 is 1.37. The zero-order valence-corrected chi connectivity index (χ0v) is 19.0. The molecule has 1 N–H and O–H groups in total. The number of benzene rings is 2. The zero-order chi connectivity index (χ0) is 21.9. The van der Waals surface area contributed by atoms with Crippen molar-refractivity contribution in [2.75, 3.05) is 12.0 Å². The topological polar surface area (TPSA) is 81.1 Å². The highest BCUT2D eigenvalue weighted by Crippen LogP contribution is 2.22. The van der Waals surface area contributed by atoms with Crippen LogP contribution >= 0.6 is 11.8 Å². The molecule has 3 rings (SSSR count). The van der Waals surface area contributed by atoms with E-state index in [9.17, 15) is 13.2 Å². The molecule has 6 nitrogen and oxygen atoms in total. The second-order valence-corrected chi connectivity index (χ2v) is 10.2. The molecule has 0 bridgehead atoms. The molecule has 2 aromatic carbocycles. The quantitative estimate of drug-likeness (QED) is 0.561. The van der Waals surface area contributed by atoms with Crippen molar-refractivity contribution >= 4 is 27.5 Å². The Morgan fingerprint density at radius 1 is 1.13 bits per heavy atom. The normalized spacial score (nSPS) is 12.5. The molecule has 30 heavy (non-hydrogen) atoms. The number of rotatable bonds is 7. The monoisotopic (exact) mass is 443 g/mol. The first-order chi connectivity index (χ1) is 14.1. The molecule has 1 aromatic heterocycles. The second kappa shape index (κ2) is 9.06. The van der Waals surface area contributed by atoms with Gasteiger partial charge in [-0.05, 0) is 61.7 Å². The summed E-state index contributed by atoms with van der Waals surface area (Å²) in [6.07, 6.45) is 4.78. The fourth-order valence-corrected chi connectivity index (χ4v) is 4.38. The molecule has 0 spiro atoms. The summed E-state index contributed by atoms with van der Waals surface area (Å²) in [7, 11) is -3.23. The standard InChI is InChI=1S/C22H25N3O3S2/c1-15-5-8-19(13-16(15)2)25-12-11-23-22(25)29-14-21(26)24-17(3)18-6-9-20(10-7-18)30(4,27)28/h5-13,17H,14H2,1-4H3,(H,24,26). The van der Waals surface area contributed by atoms with Gasteiger partial charge in [0, 0.05) is 24.3 Å². The lowest BCUT2D eigenvalue weighted by atomic mass is 10.1. The molecule has 1 amide bonds. The highest BCUT2D eigenvalue weighted by atomic mass is 32.2. The van der Waals surface area contributed by atoms with Gasteiger partial charge in [0.1, 0.15) is 0 Å². The van der Waals surface area contributed by atoms with Crippen LogP contribution in [0.3, 0.4) is 0 Å². The van der Waals surface area contributed by atoms with E-state index in [0.29, 0.717) is 0 Å². The molecule has 3 aromatic rings. The van der Waals surface area contributed by atoms with Crippen LogP contribution in [0.2, 0.25) is 0 Å². The first kappa shape index (κ1) is 22.1. The fourth-order valence-electron chi connectivity index (χ4n) is 2.97. The van der Waals surface area contributed by atoms with E-state index >= 15 is 0 Å². The predicted octanol–water partition coefficient (Wildman–Crippen LogP) is 3.86. The van der Waals surface area contributed by atoms with Crippen LogP contribution in [0.1, 0.15) is 29.7 Å². The SMILES string of the molecule is Cc1ccc(-n2ccnc2SCC(=O)NC(C)c2ccc(S(C)(=O)=O)cc2)cc1C. The van der Waals surface area contributed by atoms with Gasteiger partial charge in [-0.2, -0.15) is 0 Å². The molecule has 0 fully saturated rings. The van der Waals surface area contributed by atoms with E-state index in [4.69, 9.17) is 0 Å². The largest absolute Gasteiger partial charge is 0.349 e. The number of imidazole rings is 1. The Balaban J connectivity index is 1.61. The third-order valence-corrected chi connectivity index (χ3v) is 6.99. The smallest absolute Gasteiger partial charge is 0.230 e. The van der Waals surface area contributed by atoms with Crippen molar-refractivity contribution in [1.82, 2.24) is 14.9 Å². The molecule has 0 saturated carbocycles. The van der Waals surface area contributed by atoms with Gasteiger partial charge in [-0.15, -0.1) is 0 Å². The molecule has 158 valence electrons. The Hall–Kier alpha value is -2.58. The average Bonchev–Trinajstić information content (AvgIpc) is 3.16. The summed E-state index contributed by atoms with van der Waals surface area (Å²) < 4.78 is 25.1. The predicted molar refractivity (Wildman–Crippen MR) is 120 cm³/mol. The molecule has 0 aliphatic rings. The summed E-state index contributed by atoms with van der Waals surface area (Å²) in [6.45, 7) is 6.01. The number of nitrogens with one attached hydrogen (secondary N) is 1. The first-order valence-electron chi connectivity index (χ1n) is 9.48. The van der Waals surface area contributed by atoms with Crippen molar-refractivity contribution in [3.63, 3.8) is 0 Å². The van der Waals surface area contributed by atoms with Gasteiger partial charge in [0.2, 0.25) is 5.91 Å². The number of sulfone groups is 1. The van der Waals surface area contributed by atoms with Crippen molar-refractivity contribution < 1.29 is 13.2 Å². The van der Waals surface area contributed by atoms with Gasteiger partial charge in [-0.1, -0.05) is 30.0 Å². The van der Waals surface area contributed by atoms with Gasteiger partial charge >= 0.3 is 0 Å². The number of aryl methyl sites for hydroxylation is 2. The summed E-state index contributed by atoms with van der Waals surface area (Å²) in [6, 6.07) is 12.5. The molecule has 0 saturated heterocycles. The van der Waals surface area contributed by atoms with Gasteiger partial charge in [-0.3, -0.25) is 9.36 Å². The number of aromatic nitrogens is 2. The third kappa shape index (κ3) is 5.31. The Bertz CT molecular complexity index is 1150. The highest BCUT2D eigenvalue weighted by Gasteiger charge is 2.14. The number of nitrogens with zero attached hydrogens (tertiary/aromatic N) is 2. The number of amides is 1. The highest BCUT2D eigenvalue weighted by molar-refractivity contribution is 7.99. The van der Waals surface area contributed by atoms with Crippen molar-refractivity contribution in [3.05, 3.63) is 71.5 Å². The number of thioether (sulfide) groups is 1. The van der Waals surface area contributed by atoms with E-state index in [1.165, 1.54) is 29.1 Å². The molecular weight excluding hydrogens is 418 g/mol. The number of hydrogen-bond acceptors (Lipinski definition) is 5. The maximum atomic E-state index is 12.4. The van der Waals surface area contributed by atoms with Crippen molar-refractivity contribution in [2.45, 2.75) is 36.9 Å². The minimum atomic E-state index is -3.23. The van der Waals surface area contributed by atoms with Crippen molar-refractivity contribution in [3.8, 4) is 5.69 Å². The van der Waals surface area contributed by atoms with Crippen LogP contribution in [0.4, 0.5) is 0 Å². The molecule has 1 atom stereocenters. The lowest BCUT2D eigenvalue weighted by molar-refractivity contribution is -0.119. The summed E-state index contributed by atoms with van der Waals surface area (Å²) in [5.41, 5.74) is 4.28. The number of carbonyl (C=O) groups is 1. The van der Waals surface area contributed by atoms with Crippen LogP contribution in [0.25, 0.3) is 5.69 Å². The van der Waals surface area contributed by atoms with Crippen LogP contribution in [0, 0.1) is 13.8 Å². The average molecular weight is 444 g/mol. The molecular formula is C22H25N3O3S2. The van der Waals surface area contributed by atoms with E-state index in [1.807, 2.05) is 23.8 Å². The van der Waals surface area contributed by atoms with Crippen LogP contribution in [-0.2, 0) is 14.6 Å². The van der Waals surface area contributed by atoms with Gasteiger partial charge < -0.3 is 5.32 Å². The van der Waals surface area contributed by atoms with Gasteiger partial charge in [0.25, 0.3) is 0 Å². The maximum absolute atomic E-state index is 12.4. The van der Waals surface area contributed by atoms with Gasteiger partial charge in [0.15, 0.2) is 15.0 Å². The molecule has 0 aliphatic heterocycles. The maximum Gasteiger partial charge on any atom is 0.230 e. The lowest BCUT2D eigenvalue weighted by Crippen LogP contribution is -2.28. The van der Waals surface area contributed by atoms with Gasteiger partial charge in [-0.25, -0.2) is 13.4 Å². The van der Waals surface area contributed by atoms with Crippen molar-refractivity contribution in [2.24, 2.45) is 0 Å². The van der Waals surface area contributed by atoms with Gasteiger partial charge in [0.05, 0.1) is 16.7 Å². The van der Waals surface area contributed by atoms with E-state index in [1.54, 1.807) is 30.5 Å². The van der Waals surface area contributed by atoms with E-state index in [0.717, 1.165) is 16.4 Å². The number of carbonyl (C=O) groups excluding carboxylic acids is 1. The van der Waals surface area contributed by atoms with Crippen molar-refractivity contribution in [1.29, 1.82) is 0 Å². The van der Waals surface area contributed by atoms with Crippen LogP contribution in [-0.4, -0.2) is 35.9 Å². The van der Waals surface area contributed by atoms with E-state index in [-0.39, 0.29) is 22.6 Å². The van der Waals surface area contributed by atoms with Crippen LogP contribution < -0.4 is 5.32 Å². The Morgan fingerprint density at radius 3 is 2.47 bits per heavy atom. The Morgan fingerprint density at radius 2 is 1.83 bits per heavy atom. The third-order valence-electron chi connectivity index (χ3n) is 4.89. The minimum Gasteiger partial charge on any atom is -0.349 e. The Kier molecular flexibility index (Phi) is 6.67. The van der Waals surface area contributed by atoms with Crippen LogP contribution in [0.5, 0.6) is 0 Å². The fraction of sp³-hybridized carbons (Fsp3) is 0.273. The summed E-state index contributed by atoms with van der Waals surface area (Å²) in [5, 5.41) is 3.70. The molecule has 0 aliphatic carbocycles. The van der Waals surface area contributed by atoms with Crippen LogP contribution in [0.15, 0.2) is 64.9 Å².